The average molecular weight is 281 g/mol. The molecule has 2 rings (SSSR count). The first-order chi connectivity index (χ1) is 10.1. The van der Waals surface area contributed by atoms with Crippen molar-refractivity contribution in [2.75, 3.05) is 12.4 Å². The Kier molecular flexibility index (Phi) is 4.47. The second kappa shape index (κ2) is 6.49. The smallest absolute Gasteiger partial charge is 0.337 e. The SMILES string of the molecule is C#Cc1cccc(NCc2cc(C(=O)OC)ccc2O)c1. The molecule has 4 nitrogen and oxygen atoms in total. The van der Waals surface area contributed by atoms with Gasteiger partial charge in [-0.25, -0.2) is 4.79 Å². The molecule has 0 aromatic heterocycles. The summed E-state index contributed by atoms with van der Waals surface area (Å²) >= 11 is 0. The van der Waals surface area contributed by atoms with Gasteiger partial charge < -0.3 is 15.2 Å². The Morgan fingerprint density at radius 3 is 2.86 bits per heavy atom. The van der Waals surface area contributed by atoms with Crippen molar-refractivity contribution in [2.45, 2.75) is 6.54 Å². The van der Waals surface area contributed by atoms with Gasteiger partial charge in [-0.2, -0.15) is 0 Å². The van der Waals surface area contributed by atoms with Gasteiger partial charge in [0.15, 0.2) is 0 Å². The highest BCUT2D eigenvalue weighted by Crippen LogP contribution is 2.21. The molecule has 4 heteroatoms. The number of anilines is 1. The number of hydrogen-bond donors (Lipinski definition) is 2. The van der Waals surface area contributed by atoms with E-state index in [0.717, 1.165) is 11.3 Å². The molecule has 0 saturated heterocycles. The van der Waals surface area contributed by atoms with E-state index in [1.54, 1.807) is 6.07 Å². The summed E-state index contributed by atoms with van der Waals surface area (Å²) in [6, 6.07) is 12.0. The monoisotopic (exact) mass is 281 g/mol. The molecule has 0 fully saturated rings. The van der Waals surface area contributed by atoms with Crippen LogP contribution in [0.15, 0.2) is 42.5 Å². The Morgan fingerprint density at radius 2 is 2.14 bits per heavy atom. The highest BCUT2D eigenvalue weighted by molar-refractivity contribution is 5.89. The normalized spacial score (nSPS) is 9.71. The summed E-state index contributed by atoms with van der Waals surface area (Å²) in [6.07, 6.45) is 5.35. The molecule has 0 aliphatic rings. The molecule has 0 aliphatic heterocycles. The molecular weight excluding hydrogens is 266 g/mol. The lowest BCUT2D eigenvalue weighted by Crippen LogP contribution is -2.04. The van der Waals surface area contributed by atoms with Crippen LogP contribution in [0.4, 0.5) is 5.69 Å². The van der Waals surface area contributed by atoms with Gasteiger partial charge in [0, 0.05) is 23.4 Å². The van der Waals surface area contributed by atoms with E-state index in [9.17, 15) is 9.90 Å². The molecule has 0 atom stereocenters. The van der Waals surface area contributed by atoms with Crippen LogP contribution in [0.25, 0.3) is 0 Å². The summed E-state index contributed by atoms with van der Waals surface area (Å²) in [6.45, 7) is 0.366. The molecule has 2 aromatic carbocycles. The van der Waals surface area contributed by atoms with E-state index in [0.29, 0.717) is 17.7 Å². The predicted molar refractivity (Wildman–Crippen MR) is 81.2 cm³/mol. The van der Waals surface area contributed by atoms with Gasteiger partial charge in [-0.3, -0.25) is 0 Å². The standard InChI is InChI=1S/C17H15NO3/c1-3-12-5-4-6-15(9-12)18-11-14-10-13(17(20)21-2)7-8-16(14)19/h1,4-10,18-19H,11H2,2H3. The minimum Gasteiger partial charge on any atom is -0.508 e. The quantitative estimate of drug-likeness (QED) is 0.668. The summed E-state index contributed by atoms with van der Waals surface area (Å²) in [7, 11) is 1.32. The zero-order chi connectivity index (χ0) is 15.2. The van der Waals surface area contributed by atoms with Crippen LogP contribution in [0.1, 0.15) is 21.5 Å². The summed E-state index contributed by atoms with van der Waals surface area (Å²) < 4.78 is 4.66. The number of phenolic OH excluding ortho intramolecular Hbond substituents is 1. The Labute approximate surface area is 123 Å². The maximum Gasteiger partial charge on any atom is 0.337 e. The zero-order valence-corrected chi connectivity index (χ0v) is 11.6. The lowest BCUT2D eigenvalue weighted by Gasteiger charge is -2.10. The zero-order valence-electron chi connectivity index (χ0n) is 11.6. The fraction of sp³-hybridized carbons (Fsp3) is 0.118. The van der Waals surface area contributed by atoms with E-state index in [-0.39, 0.29) is 5.75 Å². The van der Waals surface area contributed by atoms with Crippen LogP contribution in [0, 0.1) is 12.3 Å². The maximum absolute atomic E-state index is 11.5. The molecule has 106 valence electrons. The van der Waals surface area contributed by atoms with E-state index < -0.39 is 5.97 Å². The van der Waals surface area contributed by atoms with Gasteiger partial charge >= 0.3 is 5.97 Å². The molecule has 0 bridgehead atoms. The molecule has 0 amide bonds. The molecule has 0 aliphatic carbocycles. The van der Waals surface area contributed by atoms with Crippen LogP contribution in [-0.2, 0) is 11.3 Å². The van der Waals surface area contributed by atoms with Crippen LogP contribution >= 0.6 is 0 Å². The van der Waals surface area contributed by atoms with Gasteiger partial charge in [-0.1, -0.05) is 12.0 Å². The van der Waals surface area contributed by atoms with Gasteiger partial charge in [0.25, 0.3) is 0 Å². The van der Waals surface area contributed by atoms with Crippen molar-refractivity contribution >= 4 is 11.7 Å². The van der Waals surface area contributed by atoms with Gasteiger partial charge in [0.05, 0.1) is 12.7 Å². The Balaban J connectivity index is 2.15. The van der Waals surface area contributed by atoms with E-state index in [1.807, 2.05) is 24.3 Å². The number of aromatic hydroxyl groups is 1. The molecule has 0 heterocycles. The van der Waals surface area contributed by atoms with E-state index in [2.05, 4.69) is 16.0 Å². The number of benzene rings is 2. The molecule has 0 spiro atoms. The summed E-state index contributed by atoms with van der Waals surface area (Å²) in [5, 5.41) is 13.0. The Bertz CT molecular complexity index is 701. The van der Waals surface area contributed by atoms with Gasteiger partial charge in [0.2, 0.25) is 0 Å². The molecule has 0 radical (unpaired) electrons. The second-order valence-electron chi connectivity index (χ2n) is 4.41. The van der Waals surface area contributed by atoms with Crippen LogP contribution in [0.2, 0.25) is 0 Å². The number of carbonyl (C=O) groups is 1. The third kappa shape index (κ3) is 3.54. The van der Waals surface area contributed by atoms with Crippen LogP contribution in [0.5, 0.6) is 5.75 Å². The van der Waals surface area contributed by atoms with Crippen molar-refractivity contribution in [2.24, 2.45) is 0 Å². The second-order valence-corrected chi connectivity index (χ2v) is 4.41. The fourth-order valence-corrected chi connectivity index (χ4v) is 1.89. The van der Waals surface area contributed by atoms with Crippen molar-refractivity contribution in [3.05, 3.63) is 59.2 Å². The minimum atomic E-state index is -0.439. The number of phenols is 1. The first kappa shape index (κ1) is 14.5. The van der Waals surface area contributed by atoms with Gasteiger partial charge in [0.1, 0.15) is 5.75 Å². The first-order valence-electron chi connectivity index (χ1n) is 6.35. The summed E-state index contributed by atoms with van der Waals surface area (Å²) in [4.78, 5) is 11.5. The number of methoxy groups -OCH3 is 1. The van der Waals surface area contributed by atoms with E-state index in [1.165, 1.54) is 19.2 Å². The Morgan fingerprint density at radius 1 is 1.33 bits per heavy atom. The summed E-state index contributed by atoms with van der Waals surface area (Å²) in [5.74, 6) is 2.23. The van der Waals surface area contributed by atoms with Crippen LogP contribution in [-0.4, -0.2) is 18.2 Å². The number of terminal acetylenes is 1. The number of nitrogens with one attached hydrogen (secondary N) is 1. The largest absolute Gasteiger partial charge is 0.508 e. The minimum absolute atomic E-state index is 0.114. The van der Waals surface area contributed by atoms with Gasteiger partial charge in [-0.05, 0) is 36.4 Å². The van der Waals surface area contributed by atoms with Crippen molar-refractivity contribution in [1.29, 1.82) is 0 Å². The molecular formula is C17H15NO3. The predicted octanol–water partition coefficient (Wildman–Crippen LogP) is 2.77. The first-order valence-corrected chi connectivity index (χ1v) is 6.35. The molecule has 2 N–H and O–H groups in total. The molecule has 0 saturated carbocycles. The number of esters is 1. The number of ether oxygens (including phenoxy) is 1. The number of carbonyl (C=O) groups excluding carboxylic acids is 1. The highest BCUT2D eigenvalue weighted by Gasteiger charge is 2.09. The van der Waals surface area contributed by atoms with E-state index in [4.69, 9.17) is 6.42 Å². The van der Waals surface area contributed by atoms with E-state index >= 15 is 0 Å². The molecule has 2 aromatic rings. The third-order valence-corrected chi connectivity index (χ3v) is 3.01. The summed E-state index contributed by atoms with van der Waals surface area (Å²) in [5.41, 5.74) is 2.61. The molecule has 0 unspecified atom stereocenters. The lowest BCUT2D eigenvalue weighted by molar-refractivity contribution is 0.0600. The third-order valence-electron chi connectivity index (χ3n) is 3.01. The van der Waals surface area contributed by atoms with Crippen molar-refractivity contribution in [3.8, 4) is 18.1 Å². The lowest BCUT2D eigenvalue weighted by atomic mass is 10.1. The van der Waals surface area contributed by atoms with Crippen molar-refractivity contribution in [3.63, 3.8) is 0 Å². The van der Waals surface area contributed by atoms with Crippen molar-refractivity contribution < 1.29 is 14.6 Å². The van der Waals surface area contributed by atoms with Gasteiger partial charge in [-0.15, -0.1) is 6.42 Å². The highest BCUT2D eigenvalue weighted by atomic mass is 16.5. The van der Waals surface area contributed by atoms with Crippen molar-refractivity contribution in [1.82, 2.24) is 0 Å². The number of rotatable bonds is 4. The van der Waals surface area contributed by atoms with Crippen LogP contribution in [0.3, 0.4) is 0 Å². The van der Waals surface area contributed by atoms with Crippen LogP contribution < -0.4 is 5.32 Å². The Hall–Kier alpha value is -2.93. The molecule has 21 heavy (non-hydrogen) atoms. The topological polar surface area (TPSA) is 58.6 Å². The average Bonchev–Trinajstić information content (AvgIpc) is 2.53. The fourth-order valence-electron chi connectivity index (χ4n) is 1.89. The number of hydrogen-bond acceptors (Lipinski definition) is 4. The maximum atomic E-state index is 11.5.